The van der Waals surface area contributed by atoms with E-state index in [-0.39, 0.29) is 12.1 Å². The summed E-state index contributed by atoms with van der Waals surface area (Å²) in [5, 5.41) is 6.41. The number of rotatable bonds is 6. The molecule has 0 radical (unpaired) electrons. The van der Waals surface area contributed by atoms with Crippen molar-refractivity contribution in [1.82, 2.24) is 10.6 Å². The van der Waals surface area contributed by atoms with Gasteiger partial charge in [-0.2, -0.15) is 0 Å². The van der Waals surface area contributed by atoms with Crippen molar-refractivity contribution in [3.05, 3.63) is 29.3 Å². The minimum Gasteiger partial charge on any atom is -0.492 e. The second kappa shape index (κ2) is 8.86. The standard InChI is InChI=1S/C16H23ClN2O3/c1-12(13-5-8-21-9-6-13)19-16(20)18-7-10-22-15-4-2-3-14(17)11-15/h2-4,11-13H,5-10H2,1H3,(H2,18,19,20). The molecule has 2 rings (SSSR count). The average molecular weight is 327 g/mol. The zero-order chi connectivity index (χ0) is 15.8. The first-order valence-electron chi connectivity index (χ1n) is 7.65. The number of hydrogen-bond donors (Lipinski definition) is 2. The fourth-order valence-electron chi connectivity index (χ4n) is 2.48. The summed E-state index contributed by atoms with van der Waals surface area (Å²) < 4.78 is 10.8. The van der Waals surface area contributed by atoms with Crippen LogP contribution in [0.5, 0.6) is 5.75 Å². The fraction of sp³-hybridized carbons (Fsp3) is 0.562. The van der Waals surface area contributed by atoms with Crippen LogP contribution in [0.15, 0.2) is 24.3 Å². The first-order chi connectivity index (χ1) is 10.6. The lowest BCUT2D eigenvalue weighted by atomic mass is 9.93. The molecule has 1 unspecified atom stereocenters. The number of benzene rings is 1. The molecule has 1 saturated heterocycles. The highest BCUT2D eigenvalue weighted by Crippen LogP contribution is 2.18. The van der Waals surface area contributed by atoms with E-state index in [9.17, 15) is 4.79 Å². The smallest absolute Gasteiger partial charge is 0.315 e. The van der Waals surface area contributed by atoms with Crippen LogP contribution in [-0.2, 0) is 4.74 Å². The molecule has 1 fully saturated rings. The highest BCUT2D eigenvalue weighted by Gasteiger charge is 2.21. The van der Waals surface area contributed by atoms with E-state index in [1.54, 1.807) is 12.1 Å². The molecular weight excluding hydrogens is 304 g/mol. The quantitative estimate of drug-likeness (QED) is 0.790. The van der Waals surface area contributed by atoms with Crippen LogP contribution in [0.1, 0.15) is 19.8 Å². The van der Waals surface area contributed by atoms with E-state index < -0.39 is 0 Å². The van der Waals surface area contributed by atoms with Gasteiger partial charge in [0.2, 0.25) is 0 Å². The first-order valence-corrected chi connectivity index (χ1v) is 8.03. The maximum Gasteiger partial charge on any atom is 0.315 e. The largest absolute Gasteiger partial charge is 0.492 e. The van der Waals surface area contributed by atoms with E-state index in [4.69, 9.17) is 21.1 Å². The van der Waals surface area contributed by atoms with Gasteiger partial charge in [-0.15, -0.1) is 0 Å². The van der Waals surface area contributed by atoms with Gasteiger partial charge in [-0.05, 0) is 43.9 Å². The summed E-state index contributed by atoms with van der Waals surface area (Å²) in [6.45, 7) is 4.45. The van der Waals surface area contributed by atoms with E-state index >= 15 is 0 Å². The van der Waals surface area contributed by atoms with Crippen molar-refractivity contribution in [3.63, 3.8) is 0 Å². The van der Waals surface area contributed by atoms with Gasteiger partial charge in [0.15, 0.2) is 0 Å². The monoisotopic (exact) mass is 326 g/mol. The molecule has 22 heavy (non-hydrogen) atoms. The highest BCUT2D eigenvalue weighted by atomic mass is 35.5. The Bertz CT molecular complexity index is 478. The normalized spacial score (nSPS) is 16.8. The number of halogens is 1. The van der Waals surface area contributed by atoms with Crippen LogP contribution in [0.2, 0.25) is 5.02 Å². The van der Waals surface area contributed by atoms with Crippen LogP contribution in [0.3, 0.4) is 0 Å². The van der Waals surface area contributed by atoms with Crippen molar-refractivity contribution in [2.75, 3.05) is 26.4 Å². The lowest BCUT2D eigenvalue weighted by Crippen LogP contribution is -2.46. The molecule has 1 aromatic rings. The molecule has 1 aliphatic rings. The Morgan fingerprint density at radius 2 is 2.23 bits per heavy atom. The summed E-state index contributed by atoms with van der Waals surface area (Å²) in [5.74, 6) is 1.19. The molecule has 0 spiro atoms. The van der Waals surface area contributed by atoms with Gasteiger partial charge in [-0.25, -0.2) is 4.79 Å². The van der Waals surface area contributed by atoms with Gasteiger partial charge in [0.25, 0.3) is 0 Å². The predicted octanol–water partition coefficient (Wildman–Crippen LogP) is 2.83. The van der Waals surface area contributed by atoms with Crippen LogP contribution in [0.25, 0.3) is 0 Å². The van der Waals surface area contributed by atoms with Gasteiger partial charge in [-0.3, -0.25) is 0 Å². The molecule has 5 nitrogen and oxygen atoms in total. The number of nitrogens with one attached hydrogen (secondary N) is 2. The summed E-state index contributed by atoms with van der Waals surface area (Å²) in [7, 11) is 0. The topological polar surface area (TPSA) is 59.6 Å². The third kappa shape index (κ3) is 5.73. The lowest BCUT2D eigenvalue weighted by molar-refractivity contribution is 0.0571. The Labute approximate surface area is 136 Å². The first kappa shape index (κ1) is 16.9. The van der Waals surface area contributed by atoms with Gasteiger partial charge in [0.05, 0.1) is 6.54 Å². The average Bonchev–Trinajstić information content (AvgIpc) is 2.52. The Hall–Kier alpha value is -1.46. The van der Waals surface area contributed by atoms with Crippen molar-refractivity contribution in [3.8, 4) is 5.75 Å². The molecule has 1 aliphatic heterocycles. The Balaban J connectivity index is 1.61. The number of amides is 2. The fourth-order valence-corrected chi connectivity index (χ4v) is 2.66. The Kier molecular flexibility index (Phi) is 6.80. The van der Waals surface area contributed by atoms with Crippen molar-refractivity contribution < 1.29 is 14.3 Å². The number of carbonyl (C=O) groups is 1. The van der Waals surface area contributed by atoms with Gasteiger partial charge in [0.1, 0.15) is 12.4 Å². The molecular formula is C16H23ClN2O3. The maximum atomic E-state index is 11.8. The van der Waals surface area contributed by atoms with Gasteiger partial charge < -0.3 is 20.1 Å². The summed E-state index contributed by atoms with van der Waals surface area (Å²) in [5.41, 5.74) is 0. The van der Waals surface area contributed by atoms with Crippen LogP contribution in [-0.4, -0.2) is 38.4 Å². The van der Waals surface area contributed by atoms with E-state index in [1.165, 1.54) is 0 Å². The minimum absolute atomic E-state index is 0.151. The number of urea groups is 1. The molecule has 0 bridgehead atoms. The number of ether oxygens (including phenoxy) is 2. The van der Waals surface area contributed by atoms with Gasteiger partial charge in [0, 0.05) is 24.3 Å². The predicted molar refractivity (Wildman–Crippen MR) is 86.5 cm³/mol. The van der Waals surface area contributed by atoms with Crippen LogP contribution in [0.4, 0.5) is 4.79 Å². The molecule has 1 atom stereocenters. The zero-order valence-corrected chi connectivity index (χ0v) is 13.6. The lowest BCUT2D eigenvalue weighted by Gasteiger charge is -2.28. The molecule has 2 N–H and O–H groups in total. The van der Waals surface area contributed by atoms with Crippen molar-refractivity contribution in [2.45, 2.75) is 25.8 Å². The van der Waals surface area contributed by atoms with Crippen molar-refractivity contribution in [2.24, 2.45) is 5.92 Å². The van der Waals surface area contributed by atoms with E-state index in [0.29, 0.717) is 29.8 Å². The van der Waals surface area contributed by atoms with Gasteiger partial charge >= 0.3 is 6.03 Å². The molecule has 0 aromatic heterocycles. The Morgan fingerprint density at radius 3 is 2.95 bits per heavy atom. The molecule has 2 amide bonds. The minimum atomic E-state index is -0.159. The second-order valence-corrected chi connectivity index (χ2v) is 5.88. The highest BCUT2D eigenvalue weighted by molar-refractivity contribution is 6.30. The van der Waals surface area contributed by atoms with Crippen molar-refractivity contribution >= 4 is 17.6 Å². The van der Waals surface area contributed by atoms with E-state index in [0.717, 1.165) is 26.1 Å². The molecule has 1 heterocycles. The molecule has 0 saturated carbocycles. The molecule has 0 aliphatic carbocycles. The van der Waals surface area contributed by atoms with Crippen LogP contribution < -0.4 is 15.4 Å². The van der Waals surface area contributed by atoms with Crippen LogP contribution in [0, 0.1) is 5.92 Å². The summed E-state index contributed by atoms with van der Waals surface area (Å²) >= 11 is 5.87. The Morgan fingerprint density at radius 1 is 1.45 bits per heavy atom. The van der Waals surface area contributed by atoms with Crippen molar-refractivity contribution in [1.29, 1.82) is 0 Å². The molecule has 6 heteroatoms. The van der Waals surface area contributed by atoms with E-state index in [2.05, 4.69) is 10.6 Å². The van der Waals surface area contributed by atoms with E-state index in [1.807, 2.05) is 19.1 Å². The summed E-state index contributed by atoms with van der Waals surface area (Å²) in [6, 6.07) is 7.19. The summed E-state index contributed by atoms with van der Waals surface area (Å²) in [4.78, 5) is 11.8. The van der Waals surface area contributed by atoms with Gasteiger partial charge in [-0.1, -0.05) is 17.7 Å². The third-order valence-corrected chi connectivity index (χ3v) is 4.02. The second-order valence-electron chi connectivity index (χ2n) is 5.44. The zero-order valence-electron chi connectivity index (χ0n) is 12.8. The molecule has 1 aromatic carbocycles. The number of hydrogen-bond acceptors (Lipinski definition) is 3. The number of carbonyl (C=O) groups excluding carboxylic acids is 1. The third-order valence-electron chi connectivity index (χ3n) is 3.78. The SMILES string of the molecule is CC(NC(=O)NCCOc1cccc(Cl)c1)C1CCOCC1. The molecule has 122 valence electrons. The maximum absolute atomic E-state index is 11.8. The summed E-state index contributed by atoms with van der Waals surface area (Å²) in [6.07, 6.45) is 2.00. The van der Waals surface area contributed by atoms with Crippen LogP contribution >= 0.6 is 11.6 Å².